The van der Waals surface area contributed by atoms with Gasteiger partial charge in [0.1, 0.15) is 0 Å². The normalized spacial score (nSPS) is 10.7. The summed E-state index contributed by atoms with van der Waals surface area (Å²) in [6.45, 7) is 8.93. The first-order valence-corrected chi connectivity index (χ1v) is 3.59. The van der Waals surface area contributed by atoms with Crippen molar-refractivity contribution in [2.24, 2.45) is 0 Å². The number of aryl methyl sites for hydroxylation is 1. The van der Waals surface area contributed by atoms with E-state index in [9.17, 15) is 8.78 Å². The van der Waals surface area contributed by atoms with Gasteiger partial charge in [0.2, 0.25) is 0 Å². The number of halogens is 2. The van der Waals surface area contributed by atoms with Crippen LogP contribution in [0.3, 0.4) is 0 Å². The largest absolute Gasteiger partial charge is 0.264 e. The van der Waals surface area contributed by atoms with E-state index in [-0.39, 0.29) is 5.56 Å². The zero-order valence-electron chi connectivity index (χ0n) is 6.90. The standard InChI is InChI=1S/C10H10F2/c1-6-4-7(2)8(3)9(5-6)10(11)12/h4-5,10H,2-3H2,1H3. The van der Waals surface area contributed by atoms with Crippen LogP contribution in [0, 0.1) is 6.92 Å². The number of hydrogen-bond donors (Lipinski definition) is 0. The van der Waals surface area contributed by atoms with Crippen LogP contribution in [0.2, 0.25) is 0 Å². The molecule has 0 aliphatic carbocycles. The lowest BCUT2D eigenvalue weighted by atomic mass is 10.1. The molecular formula is C10H10F2. The predicted octanol–water partition coefficient (Wildman–Crippen LogP) is 1.75. The predicted molar refractivity (Wildman–Crippen MR) is 46.4 cm³/mol. The molecule has 0 nitrogen and oxygen atoms in total. The molecule has 0 aliphatic heterocycles. The zero-order valence-corrected chi connectivity index (χ0v) is 6.90. The monoisotopic (exact) mass is 168 g/mol. The second-order valence-corrected chi connectivity index (χ2v) is 2.79. The van der Waals surface area contributed by atoms with E-state index in [1.54, 1.807) is 13.0 Å². The van der Waals surface area contributed by atoms with E-state index in [1.165, 1.54) is 6.07 Å². The van der Waals surface area contributed by atoms with Gasteiger partial charge in [-0.05, 0) is 23.4 Å². The van der Waals surface area contributed by atoms with Crippen LogP contribution >= 0.6 is 0 Å². The minimum atomic E-state index is -2.46. The fraction of sp³-hybridized carbons (Fsp3) is 0.200. The first kappa shape index (κ1) is 8.91. The van der Waals surface area contributed by atoms with Gasteiger partial charge in [-0.2, -0.15) is 0 Å². The number of alkyl halides is 2. The molecule has 12 heavy (non-hydrogen) atoms. The Hall–Kier alpha value is -1.18. The highest BCUT2D eigenvalue weighted by Crippen LogP contribution is 2.13. The number of hydrogen-bond acceptors (Lipinski definition) is 0. The molecule has 1 rings (SSSR count). The minimum Gasteiger partial charge on any atom is -0.205 e. The van der Waals surface area contributed by atoms with Crippen molar-refractivity contribution < 1.29 is 8.78 Å². The van der Waals surface area contributed by atoms with Crippen LogP contribution in [0.4, 0.5) is 8.78 Å². The van der Waals surface area contributed by atoms with Crippen LogP contribution < -0.4 is 10.4 Å². The van der Waals surface area contributed by atoms with Crippen molar-refractivity contribution in [3.63, 3.8) is 0 Å². The van der Waals surface area contributed by atoms with Crippen molar-refractivity contribution >= 4 is 13.2 Å². The molecule has 0 atom stereocenters. The second kappa shape index (κ2) is 3.05. The SMILES string of the molecule is C=c1cc(C)cc(C(F)F)c1=C. The lowest BCUT2D eigenvalue weighted by Gasteiger charge is -2.02. The Morgan fingerprint density at radius 1 is 1.25 bits per heavy atom. The molecule has 0 heterocycles. The minimum absolute atomic E-state index is 0.0139. The molecule has 0 bridgehead atoms. The lowest BCUT2D eigenvalue weighted by molar-refractivity contribution is 0.150. The van der Waals surface area contributed by atoms with E-state index in [0.29, 0.717) is 10.4 Å². The molecule has 0 fully saturated rings. The van der Waals surface area contributed by atoms with Gasteiger partial charge in [0, 0.05) is 5.56 Å². The van der Waals surface area contributed by atoms with Crippen molar-refractivity contribution in [1.29, 1.82) is 0 Å². The maximum absolute atomic E-state index is 12.3. The number of benzene rings is 1. The molecule has 0 spiro atoms. The van der Waals surface area contributed by atoms with Gasteiger partial charge >= 0.3 is 0 Å². The van der Waals surface area contributed by atoms with E-state index >= 15 is 0 Å². The second-order valence-electron chi connectivity index (χ2n) is 2.79. The van der Waals surface area contributed by atoms with Crippen LogP contribution in [0.25, 0.3) is 13.2 Å². The average Bonchev–Trinajstić information content (AvgIpc) is 1.96. The van der Waals surface area contributed by atoms with E-state index in [2.05, 4.69) is 13.2 Å². The highest BCUT2D eigenvalue weighted by molar-refractivity contribution is 5.30. The topological polar surface area (TPSA) is 0 Å². The molecule has 0 saturated carbocycles. The summed E-state index contributed by atoms with van der Waals surface area (Å²) < 4.78 is 24.6. The van der Waals surface area contributed by atoms with Gasteiger partial charge in [-0.1, -0.05) is 24.8 Å². The average molecular weight is 168 g/mol. The van der Waals surface area contributed by atoms with Gasteiger partial charge in [-0.3, -0.25) is 0 Å². The molecule has 0 N–H and O–H groups in total. The molecule has 1 aromatic rings. The molecule has 0 aromatic heterocycles. The van der Waals surface area contributed by atoms with E-state index < -0.39 is 6.43 Å². The third-order valence-electron chi connectivity index (χ3n) is 1.76. The van der Waals surface area contributed by atoms with Crippen LogP contribution in [-0.2, 0) is 0 Å². The van der Waals surface area contributed by atoms with E-state index in [1.807, 2.05) is 0 Å². The quantitative estimate of drug-likeness (QED) is 0.599. The van der Waals surface area contributed by atoms with Crippen molar-refractivity contribution in [3.05, 3.63) is 33.7 Å². The Labute approximate surface area is 69.8 Å². The van der Waals surface area contributed by atoms with Gasteiger partial charge in [0.25, 0.3) is 6.43 Å². The van der Waals surface area contributed by atoms with Gasteiger partial charge in [0.05, 0.1) is 0 Å². The third-order valence-corrected chi connectivity index (χ3v) is 1.76. The molecule has 0 radical (unpaired) electrons. The highest BCUT2D eigenvalue weighted by Gasteiger charge is 2.07. The maximum atomic E-state index is 12.3. The number of rotatable bonds is 1. The van der Waals surface area contributed by atoms with Crippen LogP contribution in [-0.4, -0.2) is 0 Å². The highest BCUT2D eigenvalue weighted by atomic mass is 19.3. The maximum Gasteiger partial charge on any atom is 0.264 e. The summed E-state index contributed by atoms with van der Waals surface area (Å²) >= 11 is 0. The Balaban J connectivity index is 3.49. The molecule has 0 saturated heterocycles. The molecule has 0 unspecified atom stereocenters. The third kappa shape index (κ3) is 1.52. The van der Waals surface area contributed by atoms with Crippen LogP contribution in [0.5, 0.6) is 0 Å². The summed E-state index contributed by atoms with van der Waals surface area (Å²) in [6.07, 6.45) is -2.46. The van der Waals surface area contributed by atoms with Gasteiger partial charge in [-0.25, -0.2) is 8.78 Å². The fourth-order valence-corrected chi connectivity index (χ4v) is 1.12. The molecule has 0 aliphatic rings. The summed E-state index contributed by atoms with van der Waals surface area (Å²) in [5.41, 5.74) is 0.780. The van der Waals surface area contributed by atoms with Crippen molar-refractivity contribution in [2.45, 2.75) is 13.3 Å². The fourth-order valence-electron chi connectivity index (χ4n) is 1.12. The zero-order chi connectivity index (χ0) is 9.30. The molecule has 1 aromatic carbocycles. The van der Waals surface area contributed by atoms with Crippen LogP contribution in [0.1, 0.15) is 17.6 Å². The molecule has 64 valence electrons. The Morgan fingerprint density at radius 2 is 1.83 bits per heavy atom. The first-order valence-electron chi connectivity index (χ1n) is 3.59. The van der Waals surface area contributed by atoms with Gasteiger partial charge < -0.3 is 0 Å². The summed E-state index contributed by atoms with van der Waals surface area (Å²) in [6, 6.07) is 3.19. The molecule has 0 amide bonds. The van der Waals surface area contributed by atoms with Crippen molar-refractivity contribution in [1.82, 2.24) is 0 Å². The van der Waals surface area contributed by atoms with Crippen LogP contribution in [0.15, 0.2) is 12.1 Å². The van der Waals surface area contributed by atoms with Crippen molar-refractivity contribution in [3.8, 4) is 0 Å². The smallest absolute Gasteiger partial charge is 0.205 e. The van der Waals surface area contributed by atoms with E-state index in [4.69, 9.17) is 0 Å². The van der Waals surface area contributed by atoms with E-state index in [0.717, 1.165) is 5.56 Å². The summed E-state index contributed by atoms with van der Waals surface area (Å²) in [5.74, 6) is 0. The summed E-state index contributed by atoms with van der Waals surface area (Å²) in [7, 11) is 0. The van der Waals surface area contributed by atoms with Gasteiger partial charge in [0.15, 0.2) is 0 Å². The first-order chi connectivity index (χ1) is 5.52. The summed E-state index contributed by atoms with van der Waals surface area (Å²) in [5, 5.41) is 0.918. The Bertz CT molecular complexity index is 380. The molecular weight excluding hydrogens is 158 g/mol. The molecule has 2 heteroatoms. The lowest BCUT2D eigenvalue weighted by Crippen LogP contribution is -2.26. The Morgan fingerprint density at radius 3 is 2.33 bits per heavy atom. The van der Waals surface area contributed by atoms with Gasteiger partial charge in [-0.15, -0.1) is 0 Å². The summed E-state index contributed by atoms with van der Waals surface area (Å²) in [4.78, 5) is 0. The Kier molecular flexibility index (Phi) is 2.27. The van der Waals surface area contributed by atoms with Crippen molar-refractivity contribution in [2.75, 3.05) is 0 Å².